The van der Waals surface area contributed by atoms with Crippen molar-refractivity contribution in [2.75, 3.05) is 9.80 Å². The van der Waals surface area contributed by atoms with Crippen LogP contribution in [0.25, 0.3) is 70.8 Å². The van der Waals surface area contributed by atoms with Gasteiger partial charge in [-0.25, -0.2) is 9.97 Å². The van der Waals surface area contributed by atoms with Crippen LogP contribution in [-0.2, 0) is 0 Å². The Bertz CT molecular complexity index is 3350. The highest BCUT2D eigenvalue weighted by Gasteiger charge is 2.15. The van der Waals surface area contributed by atoms with Gasteiger partial charge in [-0.15, -0.1) is 22.7 Å². The third-order valence-corrected chi connectivity index (χ3v) is 13.6. The number of anilines is 5. The van der Waals surface area contributed by atoms with Crippen molar-refractivity contribution < 1.29 is 0 Å². The number of para-hydroxylation sites is 2. The number of aromatic nitrogens is 2. The Kier molecular flexibility index (Phi) is 13.0. The van der Waals surface area contributed by atoms with Gasteiger partial charge in [0.05, 0.1) is 15.9 Å². The fourth-order valence-corrected chi connectivity index (χ4v) is 9.89. The zero-order chi connectivity index (χ0) is 46.1. The highest BCUT2D eigenvalue weighted by molar-refractivity contribution is 7.21. The van der Waals surface area contributed by atoms with Crippen molar-refractivity contribution in [3.8, 4) is 54.5 Å². The summed E-state index contributed by atoms with van der Waals surface area (Å²) >= 11 is 3.37. The first-order valence-electron chi connectivity index (χ1n) is 22.4. The van der Waals surface area contributed by atoms with Crippen molar-refractivity contribution in [3.05, 3.63) is 267 Å². The van der Waals surface area contributed by atoms with Crippen LogP contribution in [-0.4, -0.2) is 9.97 Å². The van der Waals surface area contributed by atoms with Gasteiger partial charge in [-0.2, -0.15) is 0 Å². The number of fused-ring (bicyclic) bond motifs is 1. The smallest absolute Gasteiger partial charge is 0.124 e. The molecule has 326 valence electrons. The van der Waals surface area contributed by atoms with E-state index in [-0.39, 0.29) is 0 Å². The Balaban J connectivity index is 0.856. The summed E-state index contributed by atoms with van der Waals surface area (Å²) in [7, 11) is 0. The molecular formula is C62H46N4S2. The molecule has 0 amide bonds. The number of benzene rings is 8. The minimum atomic E-state index is 0.944. The molecule has 0 unspecified atom stereocenters. The summed E-state index contributed by atoms with van der Waals surface area (Å²) in [6.45, 7) is 7.59. The maximum atomic E-state index is 4.85. The normalized spacial score (nSPS) is 11.5. The zero-order valence-corrected chi connectivity index (χ0v) is 38.9. The van der Waals surface area contributed by atoms with Crippen molar-refractivity contribution in [2.45, 2.75) is 0 Å². The fourth-order valence-electron chi connectivity index (χ4n) is 8.13. The standard InChI is InChI=1S/C62H46N4S2/c1-3-5-7-13-43-65(54-35-27-47(28-36-54)46-21-25-52(26-22-46)62-64-59-17-11-12-18-60(59)68-62)55-37-29-48(30-38-55)50-33-41-58(42-34-50)66(56-15-9-8-10-16-56)57-39-31-49(32-40-57)45-19-23-51(24-20-45)61-63-53(44-67-61)14-6-4-2/h3-44H,1-2H2/b7-5-,14-6-,43-13+. The molecule has 0 saturated carbocycles. The van der Waals surface area contributed by atoms with Crippen LogP contribution in [0.1, 0.15) is 5.69 Å². The van der Waals surface area contributed by atoms with Crippen LogP contribution < -0.4 is 9.80 Å². The number of rotatable bonds is 15. The van der Waals surface area contributed by atoms with Crippen LogP contribution in [0, 0.1) is 0 Å². The molecule has 8 aromatic carbocycles. The monoisotopic (exact) mass is 910 g/mol. The van der Waals surface area contributed by atoms with Crippen LogP contribution in [0.15, 0.2) is 261 Å². The lowest BCUT2D eigenvalue weighted by Gasteiger charge is -2.26. The molecule has 0 fully saturated rings. The van der Waals surface area contributed by atoms with E-state index in [1.807, 2.05) is 36.4 Å². The molecular weight excluding hydrogens is 865 g/mol. The second-order valence-electron chi connectivity index (χ2n) is 16.0. The Labute approximate surface area is 406 Å². The third-order valence-electron chi connectivity index (χ3n) is 11.6. The second-order valence-corrected chi connectivity index (χ2v) is 17.9. The molecule has 6 heteroatoms. The molecule has 0 aliphatic rings. The minimum absolute atomic E-state index is 0.944. The molecule has 2 heterocycles. The third kappa shape index (κ3) is 9.74. The van der Waals surface area contributed by atoms with Crippen molar-refractivity contribution in [2.24, 2.45) is 0 Å². The van der Waals surface area contributed by atoms with E-state index in [0.29, 0.717) is 0 Å². The molecule has 10 aromatic rings. The number of thiazole rings is 2. The summed E-state index contributed by atoms with van der Waals surface area (Å²) in [5, 5.41) is 4.11. The first-order chi connectivity index (χ1) is 33.6. The summed E-state index contributed by atoms with van der Waals surface area (Å²) < 4.78 is 1.20. The first-order valence-corrected chi connectivity index (χ1v) is 24.1. The minimum Gasteiger partial charge on any atom is -0.317 e. The fraction of sp³-hybridized carbons (Fsp3) is 0. The number of allylic oxidation sites excluding steroid dienone is 6. The quantitative estimate of drug-likeness (QED) is 0.0960. The van der Waals surface area contributed by atoms with Gasteiger partial charge in [-0.3, -0.25) is 0 Å². The number of hydrogen-bond acceptors (Lipinski definition) is 6. The average Bonchev–Trinajstić information content (AvgIpc) is 4.08. The Morgan fingerprint density at radius 2 is 0.824 bits per heavy atom. The van der Waals surface area contributed by atoms with E-state index in [1.54, 1.807) is 34.8 Å². The molecule has 0 bridgehead atoms. The molecule has 2 aromatic heterocycles. The van der Waals surface area contributed by atoms with Gasteiger partial charge in [0, 0.05) is 51.1 Å². The van der Waals surface area contributed by atoms with E-state index in [2.05, 4.69) is 229 Å². The van der Waals surface area contributed by atoms with Gasteiger partial charge in [0.25, 0.3) is 0 Å². The highest BCUT2D eigenvalue weighted by atomic mass is 32.1. The lowest BCUT2D eigenvalue weighted by atomic mass is 10.0. The number of hydrogen-bond donors (Lipinski definition) is 0. The van der Waals surface area contributed by atoms with E-state index in [0.717, 1.165) is 94.2 Å². The molecule has 0 spiro atoms. The molecule has 0 aliphatic heterocycles. The summed E-state index contributed by atoms with van der Waals surface area (Å²) in [5.41, 5.74) is 16.5. The molecule has 0 saturated heterocycles. The first kappa shape index (κ1) is 43.5. The average molecular weight is 911 g/mol. The molecule has 0 radical (unpaired) electrons. The Morgan fingerprint density at radius 1 is 0.382 bits per heavy atom. The lowest BCUT2D eigenvalue weighted by Crippen LogP contribution is -2.09. The maximum Gasteiger partial charge on any atom is 0.124 e. The van der Waals surface area contributed by atoms with Gasteiger partial charge in [-0.1, -0.05) is 171 Å². The van der Waals surface area contributed by atoms with E-state index in [9.17, 15) is 0 Å². The predicted octanol–water partition coefficient (Wildman–Crippen LogP) is 18.2. The lowest BCUT2D eigenvalue weighted by molar-refractivity contribution is 1.28. The van der Waals surface area contributed by atoms with Gasteiger partial charge in [-0.05, 0) is 118 Å². The predicted molar refractivity (Wildman–Crippen MR) is 293 cm³/mol. The highest BCUT2D eigenvalue weighted by Crippen LogP contribution is 2.38. The molecule has 0 aliphatic carbocycles. The molecule has 10 rings (SSSR count). The van der Waals surface area contributed by atoms with Crippen LogP contribution >= 0.6 is 22.7 Å². The summed E-state index contributed by atoms with van der Waals surface area (Å²) in [6.07, 6.45) is 15.5. The van der Waals surface area contributed by atoms with Gasteiger partial charge in [0.2, 0.25) is 0 Å². The van der Waals surface area contributed by atoms with Crippen LogP contribution in [0.3, 0.4) is 0 Å². The summed E-state index contributed by atoms with van der Waals surface area (Å²) in [5.74, 6) is 0. The van der Waals surface area contributed by atoms with Crippen LogP contribution in [0.4, 0.5) is 28.4 Å². The summed E-state index contributed by atoms with van der Waals surface area (Å²) in [6, 6.07) is 71.3. The molecule has 4 nitrogen and oxygen atoms in total. The van der Waals surface area contributed by atoms with E-state index >= 15 is 0 Å². The maximum absolute atomic E-state index is 4.85. The van der Waals surface area contributed by atoms with Crippen molar-refractivity contribution >= 4 is 67.4 Å². The largest absolute Gasteiger partial charge is 0.317 e. The van der Waals surface area contributed by atoms with Crippen LogP contribution in [0.5, 0.6) is 0 Å². The summed E-state index contributed by atoms with van der Waals surface area (Å²) in [4.78, 5) is 14.1. The Morgan fingerprint density at radius 3 is 1.34 bits per heavy atom. The van der Waals surface area contributed by atoms with Crippen LogP contribution in [0.2, 0.25) is 0 Å². The SMILES string of the molecule is C=C/C=C\C=C\N(c1ccc(-c2ccc(-c3nc4ccccc4s3)cc2)cc1)c1ccc(-c2ccc(N(c3ccccc3)c3ccc(-c4ccc(-c5nc(/C=C\C=C)cs5)cc4)cc3)cc2)cc1. The Hall–Kier alpha value is -8.42. The van der Waals surface area contributed by atoms with E-state index < -0.39 is 0 Å². The van der Waals surface area contributed by atoms with Gasteiger partial charge >= 0.3 is 0 Å². The zero-order valence-electron chi connectivity index (χ0n) is 37.3. The van der Waals surface area contributed by atoms with Gasteiger partial charge < -0.3 is 9.80 Å². The van der Waals surface area contributed by atoms with Crippen molar-refractivity contribution in [1.29, 1.82) is 0 Å². The molecule has 68 heavy (non-hydrogen) atoms. The van der Waals surface area contributed by atoms with Crippen molar-refractivity contribution in [1.82, 2.24) is 9.97 Å². The van der Waals surface area contributed by atoms with Crippen molar-refractivity contribution in [3.63, 3.8) is 0 Å². The topological polar surface area (TPSA) is 32.3 Å². The molecule has 0 N–H and O–H groups in total. The van der Waals surface area contributed by atoms with E-state index in [4.69, 9.17) is 9.97 Å². The number of nitrogens with zero attached hydrogens (tertiary/aromatic N) is 4. The van der Waals surface area contributed by atoms with E-state index in [1.165, 1.54) is 4.70 Å². The molecule has 0 atom stereocenters. The van der Waals surface area contributed by atoms with Gasteiger partial charge in [0.1, 0.15) is 10.0 Å². The van der Waals surface area contributed by atoms with Gasteiger partial charge in [0.15, 0.2) is 0 Å². The second kappa shape index (κ2) is 20.4.